The zero-order valence-corrected chi connectivity index (χ0v) is 19.0. The number of rotatable bonds is 3. The highest BCUT2D eigenvalue weighted by atomic mass is 35.5. The number of ketones is 1. The van der Waals surface area contributed by atoms with Crippen molar-refractivity contribution in [3.05, 3.63) is 62.3 Å². The molecule has 2 aliphatic rings. The molecule has 3 atom stereocenters. The minimum Gasteiger partial charge on any atom is -0.503 e. The third kappa shape index (κ3) is 4.17. The highest BCUT2D eigenvalue weighted by molar-refractivity contribution is 6.30. The van der Waals surface area contributed by atoms with Gasteiger partial charge in [0.15, 0.2) is 11.5 Å². The summed E-state index contributed by atoms with van der Waals surface area (Å²) in [6.45, 7) is 1.66. The Hall–Kier alpha value is -2.71. The van der Waals surface area contributed by atoms with E-state index in [2.05, 4.69) is 5.32 Å². The molecule has 0 bridgehead atoms. The summed E-state index contributed by atoms with van der Waals surface area (Å²) in [5, 5.41) is 24.4. The second-order valence-electron chi connectivity index (χ2n) is 9.11. The van der Waals surface area contributed by atoms with E-state index in [9.17, 15) is 29.0 Å². The molecule has 0 radical (unpaired) electrons. The van der Waals surface area contributed by atoms with Gasteiger partial charge in [-0.05, 0) is 24.8 Å². The van der Waals surface area contributed by atoms with Gasteiger partial charge in [0.1, 0.15) is 17.1 Å². The molecular weight excluding hydrogens is 451 g/mol. The number of nitrogens with zero attached hydrogens (tertiary/aromatic N) is 1. The monoisotopic (exact) mass is 476 g/mol. The topological polar surface area (TPSA) is 109 Å². The molecule has 1 aromatic carbocycles. The van der Waals surface area contributed by atoms with Crippen molar-refractivity contribution in [1.29, 1.82) is 0 Å². The molecule has 0 spiro atoms. The highest BCUT2D eigenvalue weighted by Gasteiger charge is 2.50. The fourth-order valence-electron chi connectivity index (χ4n) is 5.20. The summed E-state index contributed by atoms with van der Waals surface area (Å²) in [5.41, 5.74) is -2.76. The van der Waals surface area contributed by atoms with E-state index >= 15 is 0 Å². The van der Waals surface area contributed by atoms with Gasteiger partial charge in [0.25, 0.3) is 5.91 Å². The number of amides is 1. The number of pyridine rings is 1. The van der Waals surface area contributed by atoms with Crippen molar-refractivity contribution in [3.63, 3.8) is 0 Å². The highest BCUT2D eigenvalue weighted by Crippen LogP contribution is 2.42. The van der Waals surface area contributed by atoms with E-state index in [1.165, 1.54) is 29.0 Å². The van der Waals surface area contributed by atoms with Crippen molar-refractivity contribution in [2.45, 2.75) is 57.7 Å². The Morgan fingerprint density at radius 1 is 1.30 bits per heavy atom. The Morgan fingerprint density at radius 3 is 2.82 bits per heavy atom. The molecule has 4 rings (SSSR count). The molecule has 0 saturated heterocycles. The van der Waals surface area contributed by atoms with Crippen LogP contribution in [0.4, 0.5) is 4.39 Å². The summed E-state index contributed by atoms with van der Waals surface area (Å²) in [4.78, 5) is 38.8. The Labute approximate surface area is 195 Å². The lowest BCUT2D eigenvalue weighted by molar-refractivity contribution is -0.0623. The van der Waals surface area contributed by atoms with Crippen molar-refractivity contribution < 1.29 is 24.2 Å². The summed E-state index contributed by atoms with van der Waals surface area (Å²) in [6, 6.07) is 4.36. The molecule has 1 aliphatic carbocycles. The molecule has 3 N–H and O–H groups in total. The van der Waals surface area contributed by atoms with Crippen LogP contribution >= 0.6 is 11.6 Å². The lowest BCUT2D eigenvalue weighted by Crippen LogP contribution is -2.54. The molecule has 176 valence electrons. The zero-order valence-electron chi connectivity index (χ0n) is 18.2. The number of aromatic hydroxyl groups is 1. The second kappa shape index (κ2) is 8.91. The van der Waals surface area contributed by atoms with E-state index < -0.39 is 45.8 Å². The number of Topliss-reactive ketones (excluding diaryl/α,β-unsaturated/α-hetero) is 1. The maximum atomic E-state index is 14.1. The van der Waals surface area contributed by atoms with Crippen molar-refractivity contribution in [1.82, 2.24) is 9.88 Å². The van der Waals surface area contributed by atoms with E-state index in [0.29, 0.717) is 6.42 Å². The minimum absolute atomic E-state index is 0.0138. The van der Waals surface area contributed by atoms with E-state index in [1.54, 1.807) is 0 Å². The third-order valence-corrected chi connectivity index (χ3v) is 7.14. The molecule has 2 heterocycles. The van der Waals surface area contributed by atoms with Crippen LogP contribution in [0.5, 0.6) is 5.75 Å². The number of aliphatic hydroxyl groups is 1. The molecule has 1 fully saturated rings. The normalized spacial score (nSPS) is 24.9. The van der Waals surface area contributed by atoms with Crippen LogP contribution < -0.4 is 10.7 Å². The molecule has 1 aliphatic heterocycles. The largest absolute Gasteiger partial charge is 0.503 e. The number of carbonyl (C=O) groups is 2. The molecule has 33 heavy (non-hydrogen) atoms. The number of carbonyl (C=O) groups excluding carboxylic acids is 2. The lowest BCUT2D eigenvalue weighted by Gasteiger charge is -2.44. The number of benzene rings is 1. The predicted molar refractivity (Wildman–Crippen MR) is 120 cm³/mol. The Bertz CT molecular complexity index is 1180. The van der Waals surface area contributed by atoms with Crippen molar-refractivity contribution in [3.8, 4) is 5.75 Å². The van der Waals surface area contributed by atoms with E-state index in [4.69, 9.17) is 11.6 Å². The van der Waals surface area contributed by atoms with Crippen LogP contribution in [0.25, 0.3) is 0 Å². The van der Waals surface area contributed by atoms with Crippen LogP contribution in [0.15, 0.2) is 29.2 Å². The standard InChI is InChI=1S/C24H26ClFN2O5/c1-13-6-3-2-4-9-24(33)12-28-11-15(20(29)22(31)19(28)21(30)17(13)24)23(32)27-10-14-7-5-8-16(25)18(14)26/h5,7-8,11,13,17,31,33H,2-4,6,9-10,12H2,1H3,(H,27,32)/t13-,17+,24+/m1/s1. The number of fused-ring (bicyclic) bond motifs is 2. The maximum Gasteiger partial charge on any atom is 0.257 e. The summed E-state index contributed by atoms with van der Waals surface area (Å²) < 4.78 is 15.4. The summed E-state index contributed by atoms with van der Waals surface area (Å²) in [5.74, 6) is -3.65. The molecule has 0 unspecified atom stereocenters. The van der Waals surface area contributed by atoms with Crippen molar-refractivity contribution >= 4 is 23.3 Å². The van der Waals surface area contributed by atoms with Crippen LogP contribution in [0.1, 0.15) is 65.4 Å². The third-order valence-electron chi connectivity index (χ3n) is 6.85. The van der Waals surface area contributed by atoms with Crippen LogP contribution in [0, 0.1) is 17.7 Å². The van der Waals surface area contributed by atoms with Crippen LogP contribution in [-0.2, 0) is 13.1 Å². The van der Waals surface area contributed by atoms with Gasteiger partial charge in [-0.25, -0.2) is 4.39 Å². The first-order valence-electron chi connectivity index (χ1n) is 11.1. The zero-order chi connectivity index (χ0) is 23.9. The lowest BCUT2D eigenvalue weighted by atomic mass is 9.68. The first-order chi connectivity index (χ1) is 15.6. The summed E-state index contributed by atoms with van der Waals surface area (Å²) in [6.07, 6.45) is 5.03. The van der Waals surface area contributed by atoms with Gasteiger partial charge >= 0.3 is 0 Å². The number of hydrogen-bond acceptors (Lipinski definition) is 5. The van der Waals surface area contributed by atoms with Gasteiger partial charge in [-0.3, -0.25) is 14.4 Å². The SMILES string of the molecule is C[C@@H]1CCCCC[C@]2(O)Cn3cc(C(=O)NCc4cccc(Cl)c4F)c(=O)c(O)c3C(=O)[C@H]12. The summed E-state index contributed by atoms with van der Waals surface area (Å²) >= 11 is 5.76. The molecule has 1 saturated carbocycles. The number of nitrogens with one attached hydrogen (secondary N) is 1. The number of aromatic nitrogens is 1. The van der Waals surface area contributed by atoms with E-state index in [1.807, 2.05) is 6.92 Å². The first-order valence-corrected chi connectivity index (χ1v) is 11.5. The predicted octanol–water partition coefficient (Wildman–Crippen LogP) is 3.42. The Kier molecular flexibility index (Phi) is 6.33. The van der Waals surface area contributed by atoms with Gasteiger partial charge in [0.05, 0.1) is 23.1 Å². The fraction of sp³-hybridized carbons (Fsp3) is 0.458. The summed E-state index contributed by atoms with van der Waals surface area (Å²) in [7, 11) is 0. The molecule has 1 aromatic heterocycles. The Balaban J connectivity index is 1.68. The van der Waals surface area contributed by atoms with Gasteiger partial charge in [0, 0.05) is 18.3 Å². The number of hydrogen-bond donors (Lipinski definition) is 3. The molecule has 1 amide bonds. The van der Waals surface area contributed by atoms with Crippen molar-refractivity contribution in [2.75, 3.05) is 0 Å². The quantitative estimate of drug-likeness (QED) is 0.629. The minimum atomic E-state index is -1.33. The second-order valence-corrected chi connectivity index (χ2v) is 9.52. The smallest absolute Gasteiger partial charge is 0.257 e. The molecule has 9 heteroatoms. The Morgan fingerprint density at radius 2 is 2.06 bits per heavy atom. The fourth-order valence-corrected chi connectivity index (χ4v) is 5.39. The van der Waals surface area contributed by atoms with Gasteiger partial charge < -0.3 is 20.1 Å². The van der Waals surface area contributed by atoms with E-state index in [-0.39, 0.29) is 35.3 Å². The molecule has 2 aromatic rings. The number of halogens is 2. The van der Waals surface area contributed by atoms with Gasteiger partial charge in [-0.2, -0.15) is 0 Å². The van der Waals surface area contributed by atoms with Gasteiger partial charge in [0.2, 0.25) is 5.43 Å². The van der Waals surface area contributed by atoms with Crippen LogP contribution in [0.3, 0.4) is 0 Å². The average Bonchev–Trinajstić information content (AvgIpc) is 2.75. The first kappa shape index (κ1) is 23.4. The van der Waals surface area contributed by atoms with Crippen LogP contribution in [0.2, 0.25) is 5.02 Å². The van der Waals surface area contributed by atoms with E-state index in [0.717, 1.165) is 25.7 Å². The van der Waals surface area contributed by atoms with Gasteiger partial charge in [-0.15, -0.1) is 0 Å². The van der Waals surface area contributed by atoms with Crippen molar-refractivity contribution in [2.24, 2.45) is 11.8 Å². The molecule has 7 nitrogen and oxygen atoms in total. The maximum absolute atomic E-state index is 14.1. The molecular formula is C24H26ClFN2O5. The average molecular weight is 477 g/mol. The van der Waals surface area contributed by atoms with Gasteiger partial charge in [-0.1, -0.05) is 49.9 Å². The van der Waals surface area contributed by atoms with Crippen LogP contribution in [-0.4, -0.2) is 32.1 Å².